The predicted octanol–water partition coefficient (Wildman–Crippen LogP) is 14.1. The number of rotatable bonds is 6. The second-order valence-electron chi connectivity index (χ2n) is 15.5. The molecule has 23 heteroatoms. The number of halogens is 6. The Balaban J connectivity index is -0.000000809. The second kappa shape index (κ2) is 45.5. The van der Waals surface area contributed by atoms with Gasteiger partial charge in [0.15, 0.2) is 0 Å². The Hall–Kier alpha value is -2.25. The van der Waals surface area contributed by atoms with Crippen molar-refractivity contribution < 1.29 is 50.1 Å². The highest BCUT2D eigenvalue weighted by molar-refractivity contribution is 9.94. The maximum Gasteiger partial charge on any atom is 0.488 e. The lowest BCUT2D eigenvalue weighted by Crippen LogP contribution is -2.29. The average molecular weight is 1530 g/mol. The van der Waals surface area contributed by atoms with E-state index in [1.54, 1.807) is 36.0 Å². The number of hydrogen-bond donors (Lipinski definition) is 4. The Morgan fingerprint density at radius 2 is 0.618 bits per heavy atom. The van der Waals surface area contributed by atoms with Crippen LogP contribution in [0.3, 0.4) is 0 Å². The minimum absolute atomic E-state index is 0.0260. The van der Waals surface area contributed by atoms with Crippen LogP contribution in [0.1, 0.15) is 16.7 Å². The molecule has 0 heterocycles. The number of benzene rings is 7. The summed E-state index contributed by atoms with van der Waals surface area (Å²) in [5.41, 5.74) is 8.38. The molecule has 0 bridgehead atoms. The highest BCUT2D eigenvalue weighted by Crippen LogP contribution is 2.68. The van der Waals surface area contributed by atoms with E-state index in [4.69, 9.17) is 20.3 Å². The van der Waals surface area contributed by atoms with Gasteiger partial charge in [-0.15, -0.1) is 0 Å². The SMILES string of the molecule is BrCc1ccc(-c2ccccc2)cc1.Brc1ccccc1.Brc1ccccc1.CS(C)(=O)=O.CS(C)(=O)=O.CS(C)(=O)=O.CSC.O=P(Br)(Br)Br.OCc1ccc(-c2ccccc2)cc1.OCc1ccc(B(O)O)cc1. The summed E-state index contributed by atoms with van der Waals surface area (Å²) in [5, 5.41) is 35.8. The summed E-state index contributed by atoms with van der Waals surface area (Å²) in [7, 11) is -9.43. The van der Waals surface area contributed by atoms with E-state index in [0.29, 0.717) is 5.46 Å². The number of sulfone groups is 3. The van der Waals surface area contributed by atoms with Crippen LogP contribution in [-0.4, -0.2) is 103 Å². The first kappa shape index (κ1) is 78.0. The largest absolute Gasteiger partial charge is 0.488 e. The van der Waals surface area contributed by atoms with Gasteiger partial charge in [0.25, 0.3) is 3.25 Å². The van der Waals surface area contributed by atoms with Crippen molar-refractivity contribution in [2.24, 2.45) is 0 Å². The molecule has 11 nitrogen and oxygen atoms in total. The zero-order valence-electron chi connectivity index (χ0n) is 43.2. The van der Waals surface area contributed by atoms with Crippen LogP contribution >= 0.6 is 109 Å². The third-order valence-electron chi connectivity index (χ3n) is 7.39. The Morgan fingerprint density at radius 1 is 0.421 bits per heavy atom. The van der Waals surface area contributed by atoms with Crippen LogP contribution in [-0.2, 0) is 52.6 Å². The molecule has 0 aliphatic carbocycles. The molecule has 7 aromatic rings. The van der Waals surface area contributed by atoms with Crippen molar-refractivity contribution in [3.8, 4) is 22.3 Å². The van der Waals surface area contributed by atoms with Crippen molar-refractivity contribution >= 4 is 151 Å². The van der Waals surface area contributed by atoms with Gasteiger partial charge in [-0.1, -0.05) is 218 Å². The summed E-state index contributed by atoms with van der Waals surface area (Å²) in [4.78, 5) is 0. The van der Waals surface area contributed by atoms with Crippen LogP contribution < -0.4 is 5.46 Å². The Morgan fingerprint density at radius 3 is 0.803 bits per heavy atom. The first-order chi connectivity index (χ1) is 35.2. The highest BCUT2D eigenvalue weighted by atomic mass is 80.0. The molecule has 0 atom stereocenters. The molecule has 0 unspecified atom stereocenters. The average Bonchev–Trinajstić information content (AvgIpc) is 3.34. The molecule has 0 aliphatic heterocycles. The predicted molar refractivity (Wildman–Crippen MR) is 349 cm³/mol. The third-order valence-corrected chi connectivity index (χ3v) is 9.09. The summed E-state index contributed by atoms with van der Waals surface area (Å²) in [5.74, 6) is 0. The van der Waals surface area contributed by atoms with Gasteiger partial charge in [-0.2, -0.15) is 11.8 Å². The van der Waals surface area contributed by atoms with E-state index in [-0.39, 0.29) is 13.2 Å². The zero-order chi connectivity index (χ0) is 58.8. The maximum atomic E-state index is 9.97. The Labute approximate surface area is 506 Å². The Kier molecular flexibility index (Phi) is 46.7. The molecule has 0 amide bonds. The molecule has 7 aromatic carbocycles. The molecular formula is C53H66BBr6O11PS4. The molecule has 0 saturated carbocycles. The number of aliphatic hydroxyl groups excluding tert-OH is 2. The topological polar surface area (TPSA) is 200 Å². The van der Waals surface area contributed by atoms with Crippen molar-refractivity contribution in [3.63, 3.8) is 0 Å². The summed E-state index contributed by atoms with van der Waals surface area (Å²) in [6.07, 6.45) is 11.0. The van der Waals surface area contributed by atoms with Crippen molar-refractivity contribution in [1.29, 1.82) is 0 Å². The summed E-state index contributed by atoms with van der Waals surface area (Å²) in [6.45, 7) is 0.0802. The summed E-state index contributed by atoms with van der Waals surface area (Å²) in [6, 6.07) is 63.6. The van der Waals surface area contributed by atoms with Crippen LogP contribution in [0, 0.1) is 0 Å². The lowest BCUT2D eigenvalue weighted by Gasteiger charge is -2.01. The van der Waals surface area contributed by atoms with Crippen molar-refractivity contribution in [2.75, 3.05) is 50.0 Å². The zero-order valence-corrected chi connectivity index (χ0v) is 56.8. The molecule has 4 N–H and O–H groups in total. The summed E-state index contributed by atoms with van der Waals surface area (Å²) < 4.78 is 67.8. The van der Waals surface area contributed by atoms with Crippen LogP contribution in [0.15, 0.2) is 203 Å². The number of hydrogen-bond acceptors (Lipinski definition) is 12. The van der Waals surface area contributed by atoms with E-state index in [9.17, 15) is 29.8 Å². The molecule has 7 rings (SSSR count). The Bertz CT molecular complexity index is 2680. The standard InChI is InChI=1S/C13H11Br.C13H12O.C7H9BO3.2C6H5Br.3C2H6O2S.C2H6S.Br3OP/c2*14-10-11-6-8-13(9-7-11)12-4-2-1-3-5-12;9-5-6-1-3-7(4-2-6)8(10)11;2*7-6-4-2-1-3-5-6;3*1-5(2,3)4;1-3-2;1-5(2,3)4/h1-9H,10H2;1-9,14H,10H2;1-4,9-11H,5H2;2*1-5H;3*1-2H3;1-2H3;. The van der Waals surface area contributed by atoms with Crippen LogP contribution in [0.4, 0.5) is 0 Å². The first-order valence-corrected chi connectivity index (χ1v) is 40.7. The minimum Gasteiger partial charge on any atom is -0.423 e. The molecule has 0 spiro atoms. The van der Waals surface area contributed by atoms with Gasteiger partial charge in [0.05, 0.1) is 13.2 Å². The van der Waals surface area contributed by atoms with Gasteiger partial charge >= 0.3 is 7.12 Å². The van der Waals surface area contributed by atoms with E-state index in [2.05, 4.69) is 155 Å². The van der Waals surface area contributed by atoms with Gasteiger partial charge in [-0.05, 0) is 81.2 Å². The van der Waals surface area contributed by atoms with Crippen LogP contribution in [0.5, 0.6) is 0 Å². The van der Waals surface area contributed by atoms with E-state index in [0.717, 1.165) is 62.9 Å². The lowest BCUT2D eigenvalue weighted by atomic mass is 9.80. The molecular weight excluding hydrogens is 1460 g/mol. The van der Waals surface area contributed by atoms with Crippen LogP contribution in [0.25, 0.3) is 22.3 Å². The molecule has 0 saturated heterocycles. The normalized spacial score (nSPS) is 10.0. The molecule has 0 fully saturated rings. The second-order valence-corrected chi connectivity index (χ2v) is 43.9. The monoisotopic (exact) mass is 1520 g/mol. The first-order valence-electron chi connectivity index (χ1n) is 21.7. The fraction of sp³-hybridized carbons (Fsp3) is 0.208. The molecule has 418 valence electrons. The molecule has 0 aromatic heterocycles. The van der Waals surface area contributed by atoms with Gasteiger partial charge in [0.1, 0.15) is 29.5 Å². The van der Waals surface area contributed by atoms with Gasteiger partial charge in [-0.25, -0.2) is 25.3 Å². The number of thioether (sulfide) groups is 1. The van der Waals surface area contributed by atoms with Crippen molar-refractivity contribution in [1.82, 2.24) is 0 Å². The van der Waals surface area contributed by atoms with Gasteiger partial charge in [-0.3, -0.25) is 4.57 Å². The number of alkyl halides is 1. The smallest absolute Gasteiger partial charge is 0.423 e. The van der Waals surface area contributed by atoms with Gasteiger partial charge < -0.3 is 20.3 Å². The van der Waals surface area contributed by atoms with E-state index in [1.807, 2.05) is 122 Å². The molecule has 76 heavy (non-hydrogen) atoms. The molecule has 0 aliphatic rings. The maximum absolute atomic E-state index is 9.97. The fourth-order valence-electron chi connectivity index (χ4n) is 4.47. The quantitative estimate of drug-likeness (QED) is 0.0699. The number of aliphatic hydroxyl groups is 2. The lowest BCUT2D eigenvalue weighted by molar-refractivity contribution is 0.281. The van der Waals surface area contributed by atoms with Crippen molar-refractivity contribution in [3.05, 3.63) is 220 Å². The van der Waals surface area contributed by atoms with E-state index in [1.165, 1.54) is 27.8 Å². The third kappa shape index (κ3) is 59.4. The fourth-order valence-corrected chi connectivity index (χ4v) is 5.46. The minimum atomic E-state index is -2.67. The van der Waals surface area contributed by atoms with E-state index >= 15 is 0 Å². The van der Waals surface area contributed by atoms with Gasteiger partial charge in [0.2, 0.25) is 0 Å². The van der Waals surface area contributed by atoms with Crippen LogP contribution in [0.2, 0.25) is 0 Å². The summed E-state index contributed by atoms with van der Waals surface area (Å²) >= 11 is 20.1. The van der Waals surface area contributed by atoms with Crippen molar-refractivity contribution in [2.45, 2.75) is 18.5 Å². The van der Waals surface area contributed by atoms with Gasteiger partial charge in [0, 0.05) is 98.3 Å². The highest BCUT2D eigenvalue weighted by Gasteiger charge is 2.09. The van der Waals surface area contributed by atoms with E-state index < -0.39 is 39.9 Å². The molecule has 0 radical (unpaired) electrons.